The molecule has 1 aliphatic carbocycles. The lowest BCUT2D eigenvalue weighted by molar-refractivity contribution is 0.672. The Morgan fingerprint density at radius 3 is 2.20 bits per heavy atom. The maximum Gasteiger partial charge on any atom is 0.0189 e. The number of allylic oxidation sites excluding steroid dienone is 4. The van der Waals surface area contributed by atoms with Crippen LogP contribution in [-0.2, 0) is 0 Å². The summed E-state index contributed by atoms with van der Waals surface area (Å²) in [5.74, 6) is 0.859. The lowest BCUT2D eigenvalue weighted by atomic mass is 9.77. The smallest absolute Gasteiger partial charge is 0.0189 e. The Morgan fingerprint density at radius 1 is 0.850 bits per heavy atom. The van der Waals surface area contributed by atoms with E-state index in [1.807, 2.05) is 0 Å². The molecule has 0 fully saturated rings. The molecule has 0 radical (unpaired) electrons. The Kier molecular flexibility index (Phi) is 3.83. The molecule has 0 spiro atoms. The summed E-state index contributed by atoms with van der Waals surface area (Å²) >= 11 is 0. The molecule has 1 unspecified atom stereocenters. The minimum Gasteiger partial charge on any atom is -0.0841 e. The molecule has 0 N–H and O–H groups in total. The zero-order valence-electron chi connectivity index (χ0n) is 11.9. The third kappa shape index (κ3) is 2.60. The summed E-state index contributed by atoms with van der Waals surface area (Å²) in [5.41, 5.74) is 4.19. The van der Waals surface area contributed by atoms with Crippen LogP contribution in [0.4, 0.5) is 0 Å². The zero-order valence-corrected chi connectivity index (χ0v) is 11.9. The third-order valence-electron chi connectivity index (χ3n) is 4.06. The highest BCUT2D eigenvalue weighted by Gasteiger charge is 2.22. The lowest BCUT2D eigenvalue weighted by Crippen LogP contribution is -2.13. The van der Waals surface area contributed by atoms with E-state index in [0.29, 0.717) is 11.8 Å². The van der Waals surface area contributed by atoms with E-state index >= 15 is 0 Å². The highest BCUT2D eigenvalue weighted by molar-refractivity contribution is 5.40. The van der Waals surface area contributed by atoms with Crippen LogP contribution < -0.4 is 0 Å². The van der Waals surface area contributed by atoms with Gasteiger partial charge >= 0.3 is 0 Å². The first-order valence-electron chi connectivity index (χ1n) is 7.30. The van der Waals surface area contributed by atoms with Crippen LogP contribution in [0.3, 0.4) is 0 Å². The molecule has 0 amide bonds. The molecular weight excluding hydrogens is 240 g/mol. The van der Waals surface area contributed by atoms with Gasteiger partial charge in [-0.25, -0.2) is 0 Å². The van der Waals surface area contributed by atoms with Gasteiger partial charge in [0.05, 0.1) is 0 Å². The lowest BCUT2D eigenvalue weighted by Gasteiger charge is -2.26. The van der Waals surface area contributed by atoms with Crippen molar-refractivity contribution in [3.63, 3.8) is 0 Å². The van der Waals surface area contributed by atoms with Gasteiger partial charge in [-0.3, -0.25) is 0 Å². The van der Waals surface area contributed by atoms with E-state index in [1.165, 1.54) is 16.7 Å². The number of hydrogen-bond donors (Lipinski definition) is 0. The fourth-order valence-electron chi connectivity index (χ4n) is 3.04. The van der Waals surface area contributed by atoms with Crippen LogP contribution in [0.2, 0.25) is 0 Å². The van der Waals surface area contributed by atoms with E-state index in [9.17, 15) is 0 Å². The van der Waals surface area contributed by atoms with Gasteiger partial charge in [-0.05, 0) is 30.0 Å². The number of rotatable bonds is 3. The Morgan fingerprint density at radius 2 is 1.50 bits per heavy atom. The van der Waals surface area contributed by atoms with E-state index in [1.54, 1.807) is 0 Å². The zero-order chi connectivity index (χ0) is 13.8. The topological polar surface area (TPSA) is 0 Å². The fraction of sp³-hybridized carbons (Fsp3) is 0.200. The molecule has 0 nitrogen and oxygen atoms in total. The van der Waals surface area contributed by atoms with Crippen LogP contribution in [0.1, 0.15) is 29.0 Å². The normalized spacial score (nSPS) is 16.2. The summed E-state index contributed by atoms with van der Waals surface area (Å²) in [6, 6.07) is 19.6. The highest BCUT2D eigenvalue weighted by Crippen LogP contribution is 2.36. The summed E-state index contributed by atoms with van der Waals surface area (Å²) < 4.78 is 0. The monoisotopic (exact) mass is 260 g/mol. The quantitative estimate of drug-likeness (QED) is 0.660. The molecule has 100 valence electrons. The standard InChI is InChI=1S/C20H20/c1-16-10-8-9-15-19(16)20(17-11-4-2-5-12-17)18-13-6-3-7-14-18/h2,4-15,18,20H,3H2,1H3. The Balaban J connectivity index is 2.09. The summed E-state index contributed by atoms with van der Waals surface area (Å²) in [4.78, 5) is 0. The SMILES string of the molecule is Cc1ccccc1C(c1ccccc1)C1C=CCC=C1. The molecule has 0 aromatic heterocycles. The molecule has 20 heavy (non-hydrogen) atoms. The molecular formula is C20H20. The van der Waals surface area contributed by atoms with Gasteiger partial charge in [0.15, 0.2) is 0 Å². The first-order valence-corrected chi connectivity index (χ1v) is 7.30. The average Bonchev–Trinajstić information content (AvgIpc) is 2.52. The van der Waals surface area contributed by atoms with E-state index in [2.05, 4.69) is 85.8 Å². The van der Waals surface area contributed by atoms with Crippen molar-refractivity contribution in [2.24, 2.45) is 5.92 Å². The van der Waals surface area contributed by atoms with Crippen LogP contribution in [0, 0.1) is 12.8 Å². The average molecular weight is 260 g/mol. The van der Waals surface area contributed by atoms with E-state index in [-0.39, 0.29) is 0 Å². The molecule has 0 saturated carbocycles. The molecule has 0 aliphatic heterocycles. The van der Waals surface area contributed by atoms with Gasteiger partial charge in [0.2, 0.25) is 0 Å². The molecule has 0 bridgehead atoms. The number of benzene rings is 2. The van der Waals surface area contributed by atoms with Crippen LogP contribution in [0.5, 0.6) is 0 Å². The third-order valence-corrected chi connectivity index (χ3v) is 4.06. The predicted octanol–water partition coefficient (Wildman–Crippen LogP) is 5.26. The molecule has 1 atom stereocenters. The van der Waals surface area contributed by atoms with Crippen molar-refractivity contribution >= 4 is 0 Å². The van der Waals surface area contributed by atoms with E-state index < -0.39 is 0 Å². The summed E-state index contributed by atoms with van der Waals surface area (Å²) in [6.45, 7) is 2.21. The van der Waals surface area contributed by atoms with Crippen molar-refractivity contribution in [2.45, 2.75) is 19.3 Å². The van der Waals surface area contributed by atoms with Gasteiger partial charge in [0, 0.05) is 11.8 Å². The first-order chi connectivity index (χ1) is 9.86. The van der Waals surface area contributed by atoms with E-state index in [0.717, 1.165) is 6.42 Å². The number of aryl methyl sites for hydroxylation is 1. The largest absolute Gasteiger partial charge is 0.0841 e. The van der Waals surface area contributed by atoms with Crippen LogP contribution >= 0.6 is 0 Å². The Labute approximate surface area is 121 Å². The van der Waals surface area contributed by atoms with Gasteiger partial charge in [0.1, 0.15) is 0 Å². The Hall–Kier alpha value is -2.08. The van der Waals surface area contributed by atoms with Gasteiger partial charge in [-0.1, -0.05) is 78.9 Å². The van der Waals surface area contributed by atoms with Crippen molar-refractivity contribution in [3.8, 4) is 0 Å². The summed E-state index contributed by atoms with van der Waals surface area (Å²) in [7, 11) is 0. The van der Waals surface area contributed by atoms with Crippen molar-refractivity contribution in [2.75, 3.05) is 0 Å². The molecule has 2 aromatic carbocycles. The molecule has 0 heteroatoms. The van der Waals surface area contributed by atoms with E-state index in [4.69, 9.17) is 0 Å². The minimum absolute atomic E-state index is 0.408. The summed E-state index contributed by atoms with van der Waals surface area (Å²) in [6.07, 6.45) is 10.3. The number of hydrogen-bond acceptors (Lipinski definition) is 0. The summed E-state index contributed by atoms with van der Waals surface area (Å²) in [5, 5.41) is 0. The van der Waals surface area contributed by atoms with Gasteiger partial charge in [-0.2, -0.15) is 0 Å². The van der Waals surface area contributed by atoms with Crippen molar-refractivity contribution in [1.82, 2.24) is 0 Å². The maximum absolute atomic E-state index is 2.35. The Bertz CT molecular complexity index is 607. The van der Waals surface area contributed by atoms with Crippen molar-refractivity contribution < 1.29 is 0 Å². The fourth-order valence-corrected chi connectivity index (χ4v) is 3.04. The van der Waals surface area contributed by atoms with Crippen LogP contribution in [0.25, 0.3) is 0 Å². The molecule has 3 rings (SSSR count). The molecule has 1 aliphatic rings. The molecule has 2 aromatic rings. The van der Waals surface area contributed by atoms with Gasteiger partial charge in [0.25, 0.3) is 0 Å². The first kappa shape index (κ1) is 12.9. The molecule has 0 saturated heterocycles. The highest BCUT2D eigenvalue weighted by atomic mass is 14.3. The van der Waals surface area contributed by atoms with Crippen molar-refractivity contribution in [3.05, 3.63) is 95.6 Å². The maximum atomic E-state index is 2.35. The second kappa shape index (κ2) is 5.92. The van der Waals surface area contributed by atoms with Crippen LogP contribution in [0.15, 0.2) is 78.9 Å². The van der Waals surface area contributed by atoms with Gasteiger partial charge in [-0.15, -0.1) is 0 Å². The van der Waals surface area contributed by atoms with Crippen LogP contribution in [-0.4, -0.2) is 0 Å². The molecule has 0 heterocycles. The van der Waals surface area contributed by atoms with Gasteiger partial charge < -0.3 is 0 Å². The predicted molar refractivity (Wildman–Crippen MR) is 85.9 cm³/mol. The second-order valence-corrected chi connectivity index (χ2v) is 5.41. The second-order valence-electron chi connectivity index (χ2n) is 5.41. The minimum atomic E-state index is 0.408. The van der Waals surface area contributed by atoms with Crippen molar-refractivity contribution in [1.29, 1.82) is 0 Å².